The first-order valence-corrected chi connectivity index (χ1v) is 10.8. The lowest BCUT2D eigenvalue weighted by atomic mass is 10.1. The third kappa shape index (κ3) is 4.87. The molecule has 196 valence electrons. The Morgan fingerprint density at radius 1 is 1.03 bits per heavy atom. The zero-order valence-corrected chi connectivity index (χ0v) is 19.2. The predicted molar refractivity (Wildman–Crippen MR) is 123 cm³/mol. The van der Waals surface area contributed by atoms with Gasteiger partial charge in [0, 0.05) is 29.0 Å². The van der Waals surface area contributed by atoms with Crippen LogP contribution >= 0.6 is 11.6 Å². The molecule has 38 heavy (non-hydrogen) atoms. The van der Waals surface area contributed by atoms with Crippen LogP contribution in [0.25, 0.3) is 27.9 Å². The number of anilines is 1. The third-order valence-corrected chi connectivity index (χ3v) is 5.37. The van der Waals surface area contributed by atoms with Gasteiger partial charge in [-0.1, -0.05) is 17.7 Å². The first-order valence-electron chi connectivity index (χ1n) is 10.4. The number of aromatic nitrogens is 4. The number of benzene rings is 2. The molecular weight excluding hydrogens is 544 g/mol. The lowest BCUT2D eigenvalue weighted by Crippen LogP contribution is -2.24. The molecule has 9 nitrogen and oxygen atoms in total. The van der Waals surface area contributed by atoms with Gasteiger partial charge in [-0.25, -0.2) is 9.97 Å². The summed E-state index contributed by atoms with van der Waals surface area (Å²) in [6, 6.07) is 6.57. The molecule has 0 fully saturated rings. The first kappa shape index (κ1) is 25.1. The quantitative estimate of drug-likeness (QED) is 0.306. The number of fused-ring (bicyclic) bond motifs is 3. The number of hydrogen-bond acceptors (Lipinski definition) is 7. The summed E-state index contributed by atoms with van der Waals surface area (Å²) in [4.78, 5) is 20.6. The lowest BCUT2D eigenvalue weighted by molar-refractivity contribution is -0.274. The van der Waals surface area contributed by atoms with Crippen molar-refractivity contribution in [2.75, 3.05) is 5.32 Å². The lowest BCUT2D eigenvalue weighted by Gasteiger charge is -2.13. The zero-order valence-electron chi connectivity index (χ0n) is 18.4. The van der Waals surface area contributed by atoms with Gasteiger partial charge in [-0.3, -0.25) is 4.79 Å². The van der Waals surface area contributed by atoms with Gasteiger partial charge in [-0.05, 0) is 30.3 Å². The number of nitrogens with one attached hydrogen (secondary N) is 3. The van der Waals surface area contributed by atoms with E-state index in [2.05, 4.69) is 35.8 Å². The highest BCUT2D eigenvalue weighted by molar-refractivity contribution is 6.30. The van der Waals surface area contributed by atoms with E-state index in [9.17, 15) is 31.1 Å². The molecule has 3 N–H and O–H groups in total. The van der Waals surface area contributed by atoms with Crippen LogP contribution in [0.15, 0.2) is 60.7 Å². The number of alkyl halides is 6. The molecule has 0 radical (unpaired) electrons. The van der Waals surface area contributed by atoms with E-state index in [0.717, 1.165) is 22.7 Å². The summed E-state index contributed by atoms with van der Waals surface area (Å²) in [6.45, 7) is 0. The van der Waals surface area contributed by atoms with Crippen LogP contribution in [0.1, 0.15) is 5.56 Å². The molecule has 5 rings (SSSR count). The Morgan fingerprint density at radius 3 is 2.55 bits per heavy atom. The Morgan fingerprint density at radius 2 is 1.82 bits per heavy atom. The van der Waals surface area contributed by atoms with Crippen molar-refractivity contribution in [3.8, 4) is 17.1 Å². The van der Waals surface area contributed by atoms with Crippen molar-refractivity contribution < 1.29 is 35.9 Å². The van der Waals surface area contributed by atoms with Crippen LogP contribution in [0.5, 0.6) is 5.75 Å². The van der Waals surface area contributed by atoms with E-state index in [1.807, 2.05) is 0 Å². The maximum Gasteiger partial charge on any atom is 0.573 e. The fourth-order valence-electron chi connectivity index (χ4n) is 3.60. The maximum atomic E-state index is 13.8. The number of halogens is 7. The van der Waals surface area contributed by atoms with Crippen molar-refractivity contribution in [3.63, 3.8) is 0 Å². The number of amides is 1. The van der Waals surface area contributed by atoms with Crippen molar-refractivity contribution in [2.45, 2.75) is 12.5 Å². The topological polar surface area (TPSA) is 105 Å². The van der Waals surface area contributed by atoms with Crippen molar-refractivity contribution in [1.82, 2.24) is 30.2 Å². The highest BCUT2D eigenvalue weighted by atomic mass is 35.5. The molecule has 16 heteroatoms. The molecule has 0 spiro atoms. The van der Waals surface area contributed by atoms with Crippen molar-refractivity contribution in [3.05, 3.63) is 71.3 Å². The van der Waals surface area contributed by atoms with Crippen LogP contribution in [-0.2, 0) is 11.0 Å². The van der Waals surface area contributed by atoms with Crippen molar-refractivity contribution in [1.29, 1.82) is 0 Å². The summed E-state index contributed by atoms with van der Waals surface area (Å²) in [5, 5.41) is 11.7. The third-order valence-electron chi connectivity index (χ3n) is 5.13. The molecule has 1 amide bonds. The standard InChI is InChI=1S/C22H12ClF6N7O2/c23-10-4-5-11(15(8-10)38-22(27,28)29)17-34-18-12-2-1-3-13(21(24,25)26)16(12)33-20(36(18)35-17)32-14-9-30-6-7-31-19(14)37/h1-9,30H,(H,31,37)(H,32,33). The largest absolute Gasteiger partial charge is 0.573 e. The van der Waals surface area contributed by atoms with Crippen LogP contribution in [0.3, 0.4) is 0 Å². The Balaban J connectivity index is 1.76. The molecule has 4 aromatic rings. The summed E-state index contributed by atoms with van der Waals surface area (Å²) < 4.78 is 85.6. The first-order chi connectivity index (χ1) is 17.9. The number of para-hydroxylation sites is 1. The Hall–Kier alpha value is -4.53. The van der Waals surface area contributed by atoms with Gasteiger partial charge in [0.2, 0.25) is 5.95 Å². The summed E-state index contributed by atoms with van der Waals surface area (Å²) in [5.74, 6) is -2.11. The maximum absolute atomic E-state index is 13.8. The second-order valence-electron chi connectivity index (χ2n) is 7.65. The number of carbonyl (C=O) groups excluding carboxylic acids is 1. The van der Waals surface area contributed by atoms with Gasteiger partial charge in [0.25, 0.3) is 5.91 Å². The van der Waals surface area contributed by atoms with Gasteiger partial charge in [0.1, 0.15) is 11.4 Å². The molecule has 1 aliphatic heterocycles. The Kier molecular flexibility index (Phi) is 6.01. The number of rotatable bonds is 4. The molecule has 0 aliphatic carbocycles. The Bertz CT molecular complexity index is 1650. The van der Waals surface area contributed by atoms with E-state index in [4.69, 9.17) is 11.6 Å². The van der Waals surface area contributed by atoms with Gasteiger partial charge in [-0.2, -0.15) is 17.7 Å². The van der Waals surface area contributed by atoms with E-state index < -0.39 is 35.3 Å². The highest BCUT2D eigenvalue weighted by Gasteiger charge is 2.35. The van der Waals surface area contributed by atoms with Crippen LogP contribution in [-0.4, -0.2) is 31.9 Å². The minimum absolute atomic E-state index is 0.0755. The average Bonchev–Trinajstić information content (AvgIpc) is 3.17. The fourth-order valence-corrected chi connectivity index (χ4v) is 3.76. The van der Waals surface area contributed by atoms with Crippen LogP contribution < -0.4 is 20.7 Å². The normalized spacial score (nSPS) is 14.2. The molecule has 2 aromatic carbocycles. The minimum Gasteiger partial charge on any atom is -0.405 e. The van der Waals surface area contributed by atoms with Crippen LogP contribution in [0, 0.1) is 0 Å². The summed E-state index contributed by atoms with van der Waals surface area (Å²) in [7, 11) is 0. The van der Waals surface area contributed by atoms with Gasteiger partial charge in [-0.15, -0.1) is 18.3 Å². The Labute approximate surface area is 212 Å². The molecule has 2 aromatic heterocycles. The number of carbonyl (C=O) groups is 1. The van der Waals surface area contributed by atoms with E-state index in [0.29, 0.717) is 0 Å². The minimum atomic E-state index is -5.08. The molecule has 0 unspecified atom stereocenters. The van der Waals surface area contributed by atoms with E-state index in [-0.39, 0.29) is 39.1 Å². The summed E-state index contributed by atoms with van der Waals surface area (Å²) in [6.07, 6.45) is -6.00. The van der Waals surface area contributed by atoms with Crippen LogP contribution in [0.4, 0.5) is 32.3 Å². The molecular formula is C22H12ClF6N7O2. The van der Waals surface area contributed by atoms with Gasteiger partial charge in [0.15, 0.2) is 11.5 Å². The van der Waals surface area contributed by atoms with Crippen LogP contribution in [0.2, 0.25) is 5.02 Å². The zero-order chi connectivity index (χ0) is 27.2. The summed E-state index contributed by atoms with van der Waals surface area (Å²) in [5.41, 5.74) is -2.22. The van der Waals surface area contributed by atoms with E-state index in [1.54, 1.807) is 0 Å². The second kappa shape index (κ2) is 9.09. The SMILES string of the molecule is O=C1NC=CNC=C1Nc1nc2c(C(F)(F)F)cccc2c2nc(-c3ccc(Cl)cc3OC(F)(F)F)nn12. The molecule has 0 saturated heterocycles. The molecule has 0 atom stereocenters. The average molecular weight is 556 g/mol. The molecule has 0 bridgehead atoms. The number of ether oxygens (including phenoxy) is 1. The summed E-state index contributed by atoms with van der Waals surface area (Å²) >= 11 is 5.84. The van der Waals surface area contributed by atoms with Gasteiger partial charge in [0.05, 0.1) is 16.6 Å². The molecule has 1 aliphatic rings. The highest BCUT2D eigenvalue weighted by Crippen LogP contribution is 2.38. The van der Waals surface area contributed by atoms with Gasteiger partial charge < -0.3 is 20.7 Å². The van der Waals surface area contributed by atoms with E-state index in [1.165, 1.54) is 36.8 Å². The van der Waals surface area contributed by atoms with Crippen molar-refractivity contribution >= 4 is 40.0 Å². The van der Waals surface area contributed by atoms with Crippen molar-refractivity contribution in [2.24, 2.45) is 0 Å². The fraction of sp³-hybridized carbons (Fsp3) is 0.0909. The van der Waals surface area contributed by atoms with Gasteiger partial charge >= 0.3 is 12.5 Å². The van der Waals surface area contributed by atoms with E-state index >= 15 is 0 Å². The molecule has 0 saturated carbocycles. The smallest absolute Gasteiger partial charge is 0.405 e. The molecule has 3 heterocycles. The monoisotopic (exact) mass is 555 g/mol. The second-order valence-corrected chi connectivity index (χ2v) is 8.09. The number of nitrogens with zero attached hydrogens (tertiary/aromatic N) is 4. The predicted octanol–water partition coefficient (Wildman–Crippen LogP) is 4.96. The number of hydrogen-bond donors (Lipinski definition) is 3.